The van der Waals surface area contributed by atoms with Crippen molar-refractivity contribution in [2.75, 3.05) is 23.7 Å². The maximum Gasteiger partial charge on any atom is 0.273 e. The normalized spacial score (nSPS) is 10.2. The Morgan fingerprint density at radius 2 is 1.22 bits per heavy atom. The molecule has 0 aliphatic heterocycles. The van der Waals surface area contributed by atoms with E-state index in [9.17, 15) is 20.2 Å². The quantitative estimate of drug-likeness (QED) is 0.181. The smallest absolute Gasteiger partial charge is 0.273 e. The molecule has 12 nitrogen and oxygen atoms in total. The van der Waals surface area contributed by atoms with Gasteiger partial charge < -0.3 is 20.6 Å². The largest absolute Gasteiger partial charge is 0.380 e. The fourth-order valence-electron chi connectivity index (χ4n) is 2.91. The average Bonchev–Trinajstić information content (AvgIpc) is 3.45. The van der Waals surface area contributed by atoms with E-state index in [1.54, 1.807) is 12.2 Å². The van der Waals surface area contributed by atoms with Crippen LogP contribution in [-0.4, -0.2) is 42.9 Å². The second kappa shape index (κ2) is 9.84. The van der Waals surface area contributed by atoms with E-state index in [2.05, 4.69) is 43.7 Å². The minimum atomic E-state index is -0.431. The summed E-state index contributed by atoms with van der Waals surface area (Å²) in [5, 5.41) is 27.5. The van der Waals surface area contributed by atoms with E-state index in [4.69, 9.17) is 0 Å². The molecule has 2 aromatic carbocycles. The zero-order chi connectivity index (χ0) is 23.1. The highest BCUT2D eigenvalue weighted by Gasteiger charge is 2.13. The molecule has 0 unspecified atom stereocenters. The molecule has 0 bridgehead atoms. The Morgan fingerprint density at radius 3 is 1.56 bits per heavy atom. The van der Waals surface area contributed by atoms with Gasteiger partial charge in [0.05, 0.1) is 44.9 Å². The van der Waals surface area contributed by atoms with E-state index < -0.39 is 9.85 Å². The van der Waals surface area contributed by atoms with Gasteiger partial charge in [0.1, 0.15) is 11.0 Å². The minimum Gasteiger partial charge on any atom is -0.380 e. The molecule has 0 atom stereocenters. The second-order valence-corrected chi connectivity index (χ2v) is 6.44. The van der Waals surface area contributed by atoms with Crippen molar-refractivity contribution in [3.05, 3.63) is 82.5 Å². The van der Waals surface area contributed by atoms with E-state index in [1.165, 1.54) is 36.9 Å². The molecule has 0 aliphatic rings. The van der Waals surface area contributed by atoms with E-state index in [0.29, 0.717) is 46.5 Å². The molecule has 4 N–H and O–H groups in total. The minimum absolute atomic E-state index is 0.0308. The molecule has 0 saturated carbocycles. The summed E-state index contributed by atoms with van der Waals surface area (Å²) >= 11 is 0. The molecule has 0 amide bonds. The van der Waals surface area contributed by atoms with Crippen molar-refractivity contribution in [3.8, 4) is 0 Å². The predicted octanol–water partition coefficient (Wildman–Crippen LogP) is 4.14. The van der Waals surface area contributed by atoms with Gasteiger partial charge in [-0.1, -0.05) is 12.2 Å². The summed E-state index contributed by atoms with van der Waals surface area (Å²) in [5.41, 5.74) is 3.98. The SMILES string of the molecule is C=CCNc1cc([N+](=O)[O-])cc2[nH]cnc12.C=CCNc1cc([N+](=O)[O-])cc2[nH]cnc12. The van der Waals surface area contributed by atoms with Gasteiger partial charge in [0, 0.05) is 37.4 Å². The van der Waals surface area contributed by atoms with Crippen LogP contribution in [0.25, 0.3) is 22.1 Å². The highest BCUT2D eigenvalue weighted by Crippen LogP contribution is 2.27. The molecule has 2 aromatic heterocycles. The molecular weight excluding hydrogens is 416 g/mol. The van der Waals surface area contributed by atoms with Gasteiger partial charge in [-0.05, 0) is 0 Å². The lowest BCUT2D eigenvalue weighted by atomic mass is 10.2. The van der Waals surface area contributed by atoms with Gasteiger partial charge in [0.15, 0.2) is 0 Å². The Morgan fingerprint density at radius 1 is 0.812 bits per heavy atom. The molecule has 4 rings (SSSR count). The van der Waals surface area contributed by atoms with Crippen LogP contribution in [-0.2, 0) is 0 Å². The van der Waals surface area contributed by atoms with Crippen LogP contribution >= 0.6 is 0 Å². The van der Waals surface area contributed by atoms with Crippen molar-refractivity contribution in [1.29, 1.82) is 0 Å². The summed E-state index contributed by atoms with van der Waals surface area (Å²) in [6.07, 6.45) is 6.37. The number of anilines is 2. The number of hydrogen-bond acceptors (Lipinski definition) is 8. The van der Waals surface area contributed by atoms with E-state index in [0.717, 1.165) is 0 Å². The number of non-ortho nitro benzene ring substituents is 2. The standard InChI is InChI=1S/2C10H10N4O2/c2*1-2-3-11-8-4-7(14(15)16)5-9-10(8)13-6-12-9/h2*2,4-6,11H,1,3H2,(H,12,13). The Labute approximate surface area is 181 Å². The first-order valence-corrected chi connectivity index (χ1v) is 9.37. The van der Waals surface area contributed by atoms with Gasteiger partial charge in [-0.2, -0.15) is 0 Å². The van der Waals surface area contributed by atoms with E-state index >= 15 is 0 Å². The van der Waals surface area contributed by atoms with Crippen LogP contribution in [0, 0.1) is 20.2 Å². The highest BCUT2D eigenvalue weighted by atomic mass is 16.6. The number of nitro benzene ring substituents is 2. The topological polar surface area (TPSA) is 168 Å². The number of H-pyrrole nitrogens is 2. The zero-order valence-electron chi connectivity index (χ0n) is 16.9. The molecule has 12 heteroatoms. The molecule has 164 valence electrons. The Bertz CT molecular complexity index is 1190. The van der Waals surface area contributed by atoms with Crippen molar-refractivity contribution < 1.29 is 9.85 Å². The third kappa shape index (κ3) is 4.87. The summed E-state index contributed by atoms with van der Waals surface area (Å²) in [5.74, 6) is 0. The number of fused-ring (bicyclic) bond motifs is 2. The lowest BCUT2D eigenvalue weighted by molar-refractivity contribution is -0.384. The van der Waals surface area contributed by atoms with Crippen LogP contribution in [0.2, 0.25) is 0 Å². The number of hydrogen-bond donors (Lipinski definition) is 4. The number of nitrogens with one attached hydrogen (secondary N) is 4. The summed E-state index contributed by atoms with van der Waals surface area (Å²) in [6, 6.07) is 5.85. The number of nitrogens with zero attached hydrogens (tertiary/aromatic N) is 4. The second-order valence-electron chi connectivity index (χ2n) is 6.44. The number of aromatic amines is 2. The number of benzene rings is 2. The third-order valence-electron chi connectivity index (χ3n) is 4.31. The number of nitro groups is 2. The van der Waals surface area contributed by atoms with E-state index in [1.807, 2.05) is 0 Å². The number of rotatable bonds is 8. The Balaban J connectivity index is 0.000000181. The third-order valence-corrected chi connectivity index (χ3v) is 4.31. The maximum absolute atomic E-state index is 10.7. The first-order chi connectivity index (χ1) is 15.4. The number of imidazole rings is 2. The van der Waals surface area contributed by atoms with Crippen molar-refractivity contribution >= 4 is 44.8 Å². The van der Waals surface area contributed by atoms with Crippen molar-refractivity contribution in [2.45, 2.75) is 0 Å². The molecule has 0 aliphatic carbocycles. The zero-order valence-corrected chi connectivity index (χ0v) is 16.9. The van der Waals surface area contributed by atoms with Gasteiger partial charge in [-0.3, -0.25) is 20.2 Å². The Hall–Kier alpha value is -4.74. The fraction of sp³-hybridized carbons (Fsp3) is 0.100. The lowest BCUT2D eigenvalue weighted by Gasteiger charge is -2.03. The summed E-state index contributed by atoms with van der Waals surface area (Å²) < 4.78 is 0. The van der Waals surface area contributed by atoms with Crippen molar-refractivity contribution in [3.63, 3.8) is 0 Å². The monoisotopic (exact) mass is 436 g/mol. The summed E-state index contributed by atoms with van der Waals surface area (Å²) in [4.78, 5) is 34.5. The van der Waals surface area contributed by atoms with Gasteiger partial charge in [-0.25, -0.2) is 9.97 Å². The molecule has 0 radical (unpaired) electrons. The van der Waals surface area contributed by atoms with Gasteiger partial charge in [0.2, 0.25) is 0 Å². The van der Waals surface area contributed by atoms with Crippen LogP contribution < -0.4 is 10.6 Å². The van der Waals surface area contributed by atoms with Crippen LogP contribution in [0.4, 0.5) is 22.7 Å². The lowest BCUT2D eigenvalue weighted by Crippen LogP contribution is -1.99. The van der Waals surface area contributed by atoms with Crippen LogP contribution in [0.5, 0.6) is 0 Å². The van der Waals surface area contributed by atoms with E-state index in [-0.39, 0.29) is 11.4 Å². The highest BCUT2D eigenvalue weighted by molar-refractivity contribution is 5.91. The molecular formula is C20H20N8O4. The fourth-order valence-corrected chi connectivity index (χ4v) is 2.91. The summed E-state index contributed by atoms with van der Waals surface area (Å²) in [7, 11) is 0. The van der Waals surface area contributed by atoms with Gasteiger partial charge in [0.25, 0.3) is 11.4 Å². The molecule has 0 fully saturated rings. The van der Waals surface area contributed by atoms with Crippen LogP contribution in [0.3, 0.4) is 0 Å². The average molecular weight is 436 g/mol. The van der Waals surface area contributed by atoms with Crippen LogP contribution in [0.15, 0.2) is 62.2 Å². The predicted molar refractivity (Wildman–Crippen MR) is 123 cm³/mol. The molecule has 2 heterocycles. The van der Waals surface area contributed by atoms with Gasteiger partial charge in [-0.15, -0.1) is 13.2 Å². The van der Waals surface area contributed by atoms with Gasteiger partial charge >= 0.3 is 0 Å². The molecule has 0 spiro atoms. The van der Waals surface area contributed by atoms with Crippen molar-refractivity contribution in [1.82, 2.24) is 19.9 Å². The first kappa shape index (κ1) is 22.0. The van der Waals surface area contributed by atoms with Crippen LogP contribution in [0.1, 0.15) is 0 Å². The maximum atomic E-state index is 10.7. The molecule has 4 aromatic rings. The number of aromatic nitrogens is 4. The first-order valence-electron chi connectivity index (χ1n) is 9.37. The Kier molecular flexibility index (Phi) is 6.75. The van der Waals surface area contributed by atoms with Crippen molar-refractivity contribution in [2.24, 2.45) is 0 Å². The molecule has 32 heavy (non-hydrogen) atoms. The molecule has 0 saturated heterocycles. The summed E-state index contributed by atoms with van der Waals surface area (Å²) in [6.45, 7) is 8.21.